The van der Waals surface area contributed by atoms with Crippen LogP contribution in [0.15, 0.2) is 16.6 Å². The third-order valence-corrected chi connectivity index (χ3v) is 4.38. The Bertz CT molecular complexity index is 547. The van der Waals surface area contributed by atoms with Crippen molar-refractivity contribution in [2.24, 2.45) is 0 Å². The van der Waals surface area contributed by atoms with E-state index >= 15 is 0 Å². The fourth-order valence-electron chi connectivity index (χ4n) is 2.82. The first kappa shape index (κ1) is 16.0. The maximum atomic E-state index is 12.1. The number of rotatable bonds is 5. The van der Waals surface area contributed by atoms with Crippen LogP contribution in [0.3, 0.4) is 0 Å². The molecule has 1 aromatic rings. The second kappa shape index (κ2) is 7.07. The first-order valence-corrected chi connectivity index (χ1v) is 7.96. The first-order valence-electron chi connectivity index (χ1n) is 7.17. The van der Waals surface area contributed by atoms with Crippen LogP contribution < -0.4 is 4.74 Å². The molecule has 0 heterocycles. The van der Waals surface area contributed by atoms with Gasteiger partial charge in [0.05, 0.1) is 18.2 Å². The summed E-state index contributed by atoms with van der Waals surface area (Å²) < 4.78 is 10.9. The minimum atomic E-state index is -0.813. The van der Waals surface area contributed by atoms with E-state index in [4.69, 9.17) is 9.47 Å². The molecule has 21 heavy (non-hydrogen) atoms. The van der Waals surface area contributed by atoms with Crippen LogP contribution in [0.25, 0.3) is 0 Å². The largest absolute Gasteiger partial charge is 0.495 e. The Morgan fingerprint density at radius 1 is 1.29 bits per heavy atom. The molecule has 1 aliphatic rings. The third-order valence-electron chi connectivity index (χ3n) is 3.79. The van der Waals surface area contributed by atoms with Crippen LogP contribution >= 0.6 is 15.9 Å². The molecule has 0 N–H and O–H groups in total. The van der Waals surface area contributed by atoms with Gasteiger partial charge < -0.3 is 9.47 Å². The first-order chi connectivity index (χ1) is 10.1. The highest BCUT2D eigenvalue weighted by Crippen LogP contribution is 2.42. The van der Waals surface area contributed by atoms with Crippen LogP contribution in [0.2, 0.25) is 0 Å². The van der Waals surface area contributed by atoms with E-state index in [0.717, 1.165) is 24.2 Å². The van der Waals surface area contributed by atoms with E-state index in [1.165, 1.54) is 12.8 Å². The summed E-state index contributed by atoms with van der Waals surface area (Å²) >= 11 is 3.43. The minimum absolute atomic E-state index is 0.192. The van der Waals surface area contributed by atoms with Crippen molar-refractivity contribution in [1.82, 2.24) is 0 Å². The fraction of sp³-hybridized carbons (Fsp3) is 0.500. The lowest BCUT2D eigenvalue weighted by Gasteiger charge is -2.17. The van der Waals surface area contributed by atoms with Gasteiger partial charge in [0.15, 0.2) is 0 Å². The molecule has 114 valence electrons. The number of ether oxygens (including phenoxy) is 2. The summed E-state index contributed by atoms with van der Waals surface area (Å²) in [5.74, 6) is -0.292. The number of methoxy groups -OCH3 is 1. The number of benzene rings is 1. The van der Waals surface area contributed by atoms with Crippen molar-refractivity contribution in [2.45, 2.75) is 38.5 Å². The third kappa shape index (κ3) is 3.46. The standard InChI is InChI=1S/C16H19BrO4/c1-3-21-16(19)14(18)11-8-12(10-6-4-5-7-10)15(20-2)13(17)9-11/h8-10H,3-7H2,1-2H3. The number of carbonyl (C=O) groups is 2. The quantitative estimate of drug-likeness (QED) is 0.457. The molecule has 1 aromatic carbocycles. The normalized spacial score (nSPS) is 15.0. The Balaban J connectivity index is 2.39. The Morgan fingerprint density at radius 3 is 2.52 bits per heavy atom. The highest BCUT2D eigenvalue weighted by molar-refractivity contribution is 9.10. The molecule has 0 aromatic heterocycles. The molecule has 1 saturated carbocycles. The molecule has 2 rings (SSSR count). The zero-order valence-corrected chi connectivity index (χ0v) is 13.9. The Labute approximate surface area is 132 Å². The zero-order chi connectivity index (χ0) is 15.4. The molecule has 0 radical (unpaired) electrons. The van der Waals surface area contributed by atoms with Gasteiger partial charge >= 0.3 is 5.97 Å². The van der Waals surface area contributed by atoms with Gasteiger partial charge in [0.25, 0.3) is 5.78 Å². The zero-order valence-electron chi connectivity index (χ0n) is 12.3. The van der Waals surface area contributed by atoms with Crippen molar-refractivity contribution in [3.63, 3.8) is 0 Å². The molecule has 4 nitrogen and oxygen atoms in total. The van der Waals surface area contributed by atoms with Gasteiger partial charge in [0.2, 0.25) is 0 Å². The van der Waals surface area contributed by atoms with E-state index in [-0.39, 0.29) is 6.61 Å². The van der Waals surface area contributed by atoms with Crippen molar-refractivity contribution >= 4 is 27.7 Å². The summed E-state index contributed by atoms with van der Waals surface area (Å²) in [4.78, 5) is 23.7. The van der Waals surface area contributed by atoms with E-state index in [0.29, 0.717) is 16.0 Å². The summed E-state index contributed by atoms with van der Waals surface area (Å²) in [7, 11) is 1.62. The average Bonchev–Trinajstić information content (AvgIpc) is 2.99. The smallest absolute Gasteiger partial charge is 0.379 e. The Morgan fingerprint density at radius 2 is 1.95 bits per heavy atom. The second-order valence-electron chi connectivity index (χ2n) is 5.11. The van der Waals surface area contributed by atoms with Gasteiger partial charge in [0, 0.05) is 5.56 Å². The van der Waals surface area contributed by atoms with Gasteiger partial charge in [-0.15, -0.1) is 0 Å². The van der Waals surface area contributed by atoms with Crippen molar-refractivity contribution in [3.8, 4) is 5.75 Å². The SMILES string of the molecule is CCOC(=O)C(=O)c1cc(Br)c(OC)c(C2CCCC2)c1. The van der Waals surface area contributed by atoms with Crippen molar-refractivity contribution in [2.75, 3.05) is 13.7 Å². The molecule has 0 bridgehead atoms. The lowest BCUT2D eigenvalue weighted by atomic mass is 9.94. The molecule has 0 unspecified atom stereocenters. The van der Waals surface area contributed by atoms with E-state index in [9.17, 15) is 9.59 Å². The molecular formula is C16H19BrO4. The maximum Gasteiger partial charge on any atom is 0.379 e. The molecule has 0 aliphatic heterocycles. The molecule has 0 spiro atoms. The summed E-state index contributed by atoms with van der Waals surface area (Å²) in [5.41, 5.74) is 1.35. The summed E-state index contributed by atoms with van der Waals surface area (Å²) in [6.07, 6.45) is 4.53. The van der Waals surface area contributed by atoms with Gasteiger partial charge in [-0.2, -0.15) is 0 Å². The van der Waals surface area contributed by atoms with Crippen molar-refractivity contribution < 1.29 is 19.1 Å². The fourth-order valence-corrected chi connectivity index (χ4v) is 3.45. The highest BCUT2D eigenvalue weighted by atomic mass is 79.9. The monoisotopic (exact) mass is 354 g/mol. The lowest BCUT2D eigenvalue weighted by Crippen LogP contribution is -2.18. The average molecular weight is 355 g/mol. The van der Waals surface area contributed by atoms with Crippen molar-refractivity contribution in [3.05, 3.63) is 27.7 Å². The van der Waals surface area contributed by atoms with Crippen LogP contribution in [0.4, 0.5) is 0 Å². The molecule has 0 saturated heterocycles. The van der Waals surface area contributed by atoms with Gasteiger partial charge in [-0.25, -0.2) is 4.79 Å². The van der Waals surface area contributed by atoms with Crippen LogP contribution in [-0.2, 0) is 9.53 Å². The molecule has 5 heteroatoms. The van der Waals surface area contributed by atoms with Gasteiger partial charge in [-0.3, -0.25) is 4.79 Å². The van der Waals surface area contributed by atoms with Crippen LogP contribution in [0.1, 0.15) is 54.4 Å². The van der Waals surface area contributed by atoms with Gasteiger partial charge in [-0.1, -0.05) is 12.8 Å². The predicted molar refractivity (Wildman–Crippen MR) is 82.9 cm³/mol. The van der Waals surface area contributed by atoms with Gasteiger partial charge in [-0.05, 0) is 59.3 Å². The molecular weight excluding hydrogens is 336 g/mol. The van der Waals surface area contributed by atoms with Gasteiger partial charge in [0.1, 0.15) is 5.75 Å². The van der Waals surface area contributed by atoms with E-state index in [1.807, 2.05) is 0 Å². The van der Waals surface area contributed by atoms with Crippen LogP contribution in [-0.4, -0.2) is 25.5 Å². The van der Waals surface area contributed by atoms with E-state index in [2.05, 4.69) is 15.9 Å². The van der Waals surface area contributed by atoms with E-state index in [1.54, 1.807) is 26.2 Å². The number of esters is 1. The molecule has 0 amide bonds. The number of carbonyl (C=O) groups excluding carboxylic acids is 2. The number of halogens is 1. The Kier molecular flexibility index (Phi) is 5.39. The second-order valence-corrected chi connectivity index (χ2v) is 5.97. The summed E-state index contributed by atoms with van der Waals surface area (Å²) in [5, 5.41) is 0. The Hall–Kier alpha value is -1.36. The summed E-state index contributed by atoms with van der Waals surface area (Å²) in [6, 6.07) is 3.40. The van der Waals surface area contributed by atoms with E-state index < -0.39 is 11.8 Å². The molecule has 1 aliphatic carbocycles. The minimum Gasteiger partial charge on any atom is -0.495 e. The summed E-state index contributed by atoms with van der Waals surface area (Å²) in [6.45, 7) is 1.87. The van der Waals surface area contributed by atoms with Crippen LogP contribution in [0.5, 0.6) is 5.75 Å². The highest BCUT2D eigenvalue weighted by Gasteiger charge is 2.26. The number of ketones is 1. The molecule has 0 atom stereocenters. The van der Waals surface area contributed by atoms with Crippen LogP contribution in [0, 0.1) is 0 Å². The van der Waals surface area contributed by atoms with Crippen molar-refractivity contribution in [1.29, 1.82) is 0 Å². The lowest BCUT2D eigenvalue weighted by molar-refractivity contribution is -0.137. The number of Topliss-reactive ketones (excluding diaryl/α,β-unsaturated/α-hetero) is 1. The number of hydrogen-bond donors (Lipinski definition) is 0. The predicted octanol–water partition coefficient (Wildman–Crippen LogP) is 3.86. The number of hydrogen-bond acceptors (Lipinski definition) is 4. The topological polar surface area (TPSA) is 52.6 Å². The maximum absolute atomic E-state index is 12.1. The molecule has 1 fully saturated rings.